The molecule has 0 saturated carbocycles. The molecule has 0 aliphatic heterocycles. The van der Waals surface area contributed by atoms with Crippen LogP contribution in [-0.2, 0) is 21.7 Å². The lowest BCUT2D eigenvalue weighted by Gasteiger charge is -2.35. The van der Waals surface area contributed by atoms with Gasteiger partial charge in [0.2, 0.25) is 0 Å². The van der Waals surface area contributed by atoms with Crippen LogP contribution < -0.4 is 0 Å². The molecule has 0 unspecified atom stereocenters. The van der Waals surface area contributed by atoms with E-state index in [9.17, 15) is 9.59 Å². The van der Waals surface area contributed by atoms with E-state index in [0.29, 0.717) is 0 Å². The summed E-state index contributed by atoms with van der Waals surface area (Å²) in [5.41, 5.74) is 16.8. The summed E-state index contributed by atoms with van der Waals surface area (Å²) in [6.45, 7) is 18.4. The molecule has 2 nitrogen and oxygen atoms in total. The Morgan fingerprint density at radius 3 is 1.29 bits per heavy atom. The Kier molecular flexibility index (Phi) is 8.26. The first-order chi connectivity index (χ1) is 26.6. The van der Waals surface area contributed by atoms with Gasteiger partial charge in [0.05, 0.1) is 15.2 Å². The summed E-state index contributed by atoms with van der Waals surface area (Å²) in [5.74, 6) is 0. The lowest BCUT2D eigenvalue weighted by Crippen LogP contribution is -2.29. The average molecular weight is 767 g/mol. The van der Waals surface area contributed by atoms with E-state index in [-0.39, 0.29) is 16.2 Å². The van der Waals surface area contributed by atoms with E-state index < -0.39 is 5.41 Å². The maximum atomic E-state index is 11.8. The van der Waals surface area contributed by atoms with E-state index in [2.05, 4.69) is 165 Å². The van der Waals surface area contributed by atoms with Gasteiger partial charge >= 0.3 is 0 Å². The van der Waals surface area contributed by atoms with E-state index in [1.165, 1.54) is 66.8 Å². The highest BCUT2D eigenvalue weighted by Gasteiger charge is 2.49. The molecule has 2 heterocycles. The molecule has 0 saturated heterocycles. The Hall–Kier alpha value is -5.16. The molecule has 56 heavy (non-hydrogen) atoms. The molecule has 0 N–H and O–H groups in total. The van der Waals surface area contributed by atoms with E-state index in [4.69, 9.17) is 0 Å². The smallest absolute Gasteiger partial charge is 0.160 e. The van der Waals surface area contributed by atoms with Gasteiger partial charge in [-0.25, -0.2) is 0 Å². The van der Waals surface area contributed by atoms with Crippen LogP contribution in [0.15, 0.2) is 121 Å². The van der Waals surface area contributed by atoms with Crippen LogP contribution in [0.5, 0.6) is 0 Å². The molecule has 2 aliphatic rings. The van der Waals surface area contributed by atoms with Gasteiger partial charge < -0.3 is 0 Å². The SMILES string of the molecule is CC(C)(C)c1ccc(C2(c3ccc(C(C)(C)C)cc3)c3cc(-c4ccc(C=O)s4)ccc3-c3cc4c(cc32)-c2ccc(-c3ccc(C=O)s3)cc2C4(C)C)cc1. The molecule has 4 heteroatoms. The number of rotatable bonds is 6. The second-order valence-electron chi connectivity index (χ2n) is 18.1. The van der Waals surface area contributed by atoms with Crippen molar-refractivity contribution in [2.75, 3.05) is 0 Å². The first-order valence-electron chi connectivity index (χ1n) is 19.5. The van der Waals surface area contributed by atoms with Crippen molar-refractivity contribution in [3.05, 3.63) is 176 Å². The second-order valence-corrected chi connectivity index (χ2v) is 20.4. The van der Waals surface area contributed by atoms with Crippen LogP contribution >= 0.6 is 22.7 Å². The number of carbonyl (C=O) groups is 2. The van der Waals surface area contributed by atoms with Crippen molar-refractivity contribution in [1.29, 1.82) is 0 Å². The summed E-state index contributed by atoms with van der Waals surface area (Å²) in [5, 5.41) is 0. The number of benzene rings is 5. The Morgan fingerprint density at radius 2 is 0.839 bits per heavy atom. The lowest BCUT2D eigenvalue weighted by molar-refractivity contribution is 0.111. The third-order valence-electron chi connectivity index (χ3n) is 12.4. The average Bonchev–Trinajstić information content (AvgIpc) is 3.97. The van der Waals surface area contributed by atoms with Crippen molar-refractivity contribution in [3.63, 3.8) is 0 Å². The van der Waals surface area contributed by atoms with Gasteiger partial charge in [0.1, 0.15) is 0 Å². The third kappa shape index (κ3) is 5.48. The number of aldehydes is 2. The molecular weight excluding hydrogens is 721 g/mol. The van der Waals surface area contributed by atoms with Crippen LogP contribution in [0.2, 0.25) is 0 Å². The standard InChI is InChI=1S/C52H46O2S2/c1-49(2,3)33-11-15-35(16-12-33)52(36-17-13-34(14-18-36)50(4,5)6)45-26-32(48-24-20-38(30-54)56-48)10-22-40(45)42-27-44-41(28-46(42)52)39-21-9-31(25-43(39)51(44,7)8)47-23-19-37(29-53)55-47/h9-30H,1-8H3. The second kappa shape index (κ2) is 12.7. The molecule has 7 aromatic rings. The highest BCUT2D eigenvalue weighted by atomic mass is 32.1. The van der Waals surface area contributed by atoms with Crippen LogP contribution in [-0.4, -0.2) is 12.6 Å². The van der Waals surface area contributed by atoms with Gasteiger partial charge in [-0.2, -0.15) is 0 Å². The van der Waals surface area contributed by atoms with Crippen molar-refractivity contribution < 1.29 is 9.59 Å². The molecule has 0 fully saturated rings. The summed E-state index contributed by atoms with van der Waals surface area (Å²) in [6.07, 6.45) is 1.88. The Balaban J connectivity index is 1.34. The summed E-state index contributed by atoms with van der Waals surface area (Å²) in [7, 11) is 0. The number of thiophene rings is 2. The monoisotopic (exact) mass is 766 g/mol. The molecule has 2 aliphatic carbocycles. The maximum absolute atomic E-state index is 11.8. The fourth-order valence-corrected chi connectivity index (χ4v) is 10.9. The number of fused-ring (bicyclic) bond motifs is 6. The number of carbonyl (C=O) groups excluding carboxylic acids is 2. The molecule has 5 aromatic carbocycles. The van der Waals surface area contributed by atoms with E-state index in [0.717, 1.165) is 43.2 Å². The summed E-state index contributed by atoms with van der Waals surface area (Å²) >= 11 is 3.09. The van der Waals surface area contributed by atoms with Crippen LogP contribution in [0.1, 0.15) is 119 Å². The fraction of sp³-hybridized carbons (Fsp3) is 0.231. The van der Waals surface area contributed by atoms with Gasteiger partial charge in [-0.15, -0.1) is 22.7 Å². The molecule has 2 aromatic heterocycles. The predicted octanol–water partition coefficient (Wildman–Crippen LogP) is 14.0. The minimum atomic E-state index is -0.609. The van der Waals surface area contributed by atoms with Crippen LogP contribution in [0.25, 0.3) is 43.1 Å². The third-order valence-corrected chi connectivity index (χ3v) is 14.5. The molecular formula is C52H46O2S2. The molecule has 0 radical (unpaired) electrons. The fourth-order valence-electron chi connectivity index (χ4n) is 9.23. The topological polar surface area (TPSA) is 34.1 Å². The van der Waals surface area contributed by atoms with Crippen molar-refractivity contribution in [2.24, 2.45) is 0 Å². The Morgan fingerprint density at radius 1 is 0.446 bits per heavy atom. The largest absolute Gasteiger partial charge is 0.297 e. The Bertz CT molecular complexity index is 2650. The van der Waals surface area contributed by atoms with Gasteiger partial charge in [0.15, 0.2) is 12.6 Å². The lowest BCUT2D eigenvalue weighted by atomic mass is 9.66. The Labute approximate surface area is 338 Å². The van der Waals surface area contributed by atoms with Crippen molar-refractivity contribution in [3.8, 4) is 43.1 Å². The minimum absolute atomic E-state index is 0.0149. The van der Waals surface area contributed by atoms with E-state index >= 15 is 0 Å². The zero-order valence-corrected chi connectivity index (χ0v) is 35.0. The maximum Gasteiger partial charge on any atom is 0.160 e. The number of hydrogen-bond acceptors (Lipinski definition) is 4. The first kappa shape index (κ1) is 36.5. The molecule has 278 valence electrons. The summed E-state index contributed by atoms with van der Waals surface area (Å²) < 4.78 is 0. The molecule has 0 amide bonds. The molecule has 0 bridgehead atoms. The quantitative estimate of drug-likeness (QED) is 0.158. The van der Waals surface area contributed by atoms with Gasteiger partial charge in [0.25, 0.3) is 0 Å². The first-order valence-corrected chi connectivity index (χ1v) is 21.1. The van der Waals surface area contributed by atoms with Crippen LogP contribution in [0.3, 0.4) is 0 Å². The van der Waals surface area contributed by atoms with Crippen LogP contribution in [0, 0.1) is 0 Å². The van der Waals surface area contributed by atoms with Gasteiger partial charge in [-0.05, 0) is 137 Å². The summed E-state index contributed by atoms with van der Waals surface area (Å²) in [6, 6.07) is 45.6. The van der Waals surface area contributed by atoms with Gasteiger partial charge in [0, 0.05) is 15.2 Å². The van der Waals surface area contributed by atoms with Crippen molar-refractivity contribution in [2.45, 2.75) is 77.0 Å². The molecule has 9 rings (SSSR count). The van der Waals surface area contributed by atoms with E-state index in [1.54, 1.807) is 22.7 Å². The predicted molar refractivity (Wildman–Crippen MR) is 236 cm³/mol. The van der Waals surface area contributed by atoms with Crippen LogP contribution in [0.4, 0.5) is 0 Å². The van der Waals surface area contributed by atoms with Gasteiger partial charge in [-0.1, -0.05) is 128 Å². The zero-order chi connectivity index (χ0) is 39.4. The van der Waals surface area contributed by atoms with Crippen molar-refractivity contribution in [1.82, 2.24) is 0 Å². The normalized spacial score (nSPS) is 14.9. The zero-order valence-electron chi connectivity index (χ0n) is 33.3. The van der Waals surface area contributed by atoms with Gasteiger partial charge in [-0.3, -0.25) is 9.59 Å². The minimum Gasteiger partial charge on any atom is -0.297 e. The number of hydrogen-bond donors (Lipinski definition) is 0. The van der Waals surface area contributed by atoms with E-state index in [1.807, 2.05) is 12.1 Å². The highest BCUT2D eigenvalue weighted by molar-refractivity contribution is 7.17. The molecule has 0 spiro atoms. The molecule has 0 atom stereocenters. The van der Waals surface area contributed by atoms with Crippen molar-refractivity contribution >= 4 is 35.2 Å². The summed E-state index contributed by atoms with van der Waals surface area (Å²) in [4.78, 5) is 27.0. The highest BCUT2D eigenvalue weighted by Crippen LogP contribution is 2.61.